The lowest BCUT2D eigenvalue weighted by Crippen LogP contribution is -2.38. The molecular weight excluding hydrogens is 264 g/mol. The number of nitrogens with one attached hydrogen (secondary N) is 1. The summed E-state index contributed by atoms with van der Waals surface area (Å²) in [5.74, 6) is 0.698. The smallest absolute Gasteiger partial charge is 0.234 e. The van der Waals surface area contributed by atoms with Crippen LogP contribution in [-0.4, -0.2) is 48.2 Å². The lowest BCUT2D eigenvalue weighted by atomic mass is 10.0. The number of likely N-dealkylation sites (tertiary alicyclic amines) is 1. The number of aliphatic hydroxyl groups is 1. The van der Waals surface area contributed by atoms with Gasteiger partial charge in [-0.15, -0.1) is 0 Å². The number of rotatable bonds is 6. The molecule has 1 saturated heterocycles. The molecule has 4 heteroatoms. The van der Waals surface area contributed by atoms with Crippen LogP contribution < -0.4 is 5.32 Å². The summed E-state index contributed by atoms with van der Waals surface area (Å²) in [5.41, 5.74) is 1.24. The van der Waals surface area contributed by atoms with Crippen molar-refractivity contribution in [1.82, 2.24) is 10.2 Å². The fourth-order valence-corrected chi connectivity index (χ4v) is 2.83. The van der Waals surface area contributed by atoms with E-state index in [0.717, 1.165) is 19.5 Å². The van der Waals surface area contributed by atoms with Crippen LogP contribution in [0.25, 0.3) is 0 Å². The summed E-state index contributed by atoms with van der Waals surface area (Å²) >= 11 is 0. The van der Waals surface area contributed by atoms with Crippen LogP contribution in [0.2, 0.25) is 0 Å². The Hall–Kier alpha value is -1.39. The third-order valence-corrected chi connectivity index (χ3v) is 4.33. The summed E-state index contributed by atoms with van der Waals surface area (Å²) in [6, 6.07) is 10.2. The second-order valence-electron chi connectivity index (χ2n) is 6.14. The Labute approximate surface area is 127 Å². The van der Waals surface area contributed by atoms with Crippen LogP contribution in [0.4, 0.5) is 0 Å². The predicted octanol–water partition coefficient (Wildman–Crippen LogP) is 1.61. The minimum atomic E-state index is -0.281. The Morgan fingerprint density at radius 2 is 2.10 bits per heavy atom. The Kier molecular flexibility index (Phi) is 5.76. The summed E-state index contributed by atoms with van der Waals surface area (Å²) in [6.07, 6.45) is 0.696. The van der Waals surface area contributed by atoms with Crippen molar-refractivity contribution in [3.8, 4) is 0 Å². The zero-order chi connectivity index (χ0) is 15.2. The standard InChI is InChI=1S/C17H26N2O2/c1-13(15-6-4-3-5-7-15)10-18-17(21)12-19-9-8-16(11-19)14(2)20/h3-7,13-14,16,20H,8-12H2,1-2H3,(H,18,21). The highest BCUT2D eigenvalue weighted by Gasteiger charge is 2.26. The maximum atomic E-state index is 12.0. The van der Waals surface area contributed by atoms with Crippen molar-refractivity contribution in [2.75, 3.05) is 26.2 Å². The number of benzene rings is 1. The van der Waals surface area contributed by atoms with E-state index in [1.54, 1.807) is 0 Å². The molecule has 1 amide bonds. The molecule has 0 radical (unpaired) electrons. The van der Waals surface area contributed by atoms with E-state index in [1.807, 2.05) is 25.1 Å². The molecule has 0 aromatic heterocycles. The molecule has 1 fully saturated rings. The maximum Gasteiger partial charge on any atom is 0.234 e. The Morgan fingerprint density at radius 3 is 2.71 bits per heavy atom. The van der Waals surface area contributed by atoms with Crippen molar-refractivity contribution in [3.63, 3.8) is 0 Å². The predicted molar refractivity (Wildman–Crippen MR) is 84.1 cm³/mol. The lowest BCUT2D eigenvalue weighted by molar-refractivity contribution is -0.122. The summed E-state index contributed by atoms with van der Waals surface area (Å²) in [7, 11) is 0. The quantitative estimate of drug-likeness (QED) is 0.837. The van der Waals surface area contributed by atoms with Crippen LogP contribution in [0.3, 0.4) is 0 Å². The Balaban J connectivity index is 1.71. The number of carbonyl (C=O) groups is 1. The first-order chi connectivity index (χ1) is 10.1. The molecule has 21 heavy (non-hydrogen) atoms. The van der Waals surface area contributed by atoms with E-state index < -0.39 is 0 Å². The first kappa shape index (κ1) is 16.0. The average Bonchev–Trinajstić information content (AvgIpc) is 2.94. The van der Waals surface area contributed by atoms with E-state index >= 15 is 0 Å². The van der Waals surface area contributed by atoms with Gasteiger partial charge >= 0.3 is 0 Å². The van der Waals surface area contributed by atoms with Gasteiger partial charge in [0, 0.05) is 13.1 Å². The molecular formula is C17H26N2O2. The average molecular weight is 290 g/mol. The van der Waals surface area contributed by atoms with Gasteiger partial charge in [-0.05, 0) is 37.3 Å². The van der Waals surface area contributed by atoms with Gasteiger partial charge < -0.3 is 10.4 Å². The van der Waals surface area contributed by atoms with Crippen LogP contribution in [-0.2, 0) is 4.79 Å². The Morgan fingerprint density at radius 1 is 1.38 bits per heavy atom. The monoisotopic (exact) mass is 290 g/mol. The molecule has 1 aliphatic rings. The SMILES string of the molecule is CC(CNC(=O)CN1CCC(C(C)O)C1)c1ccccc1. The van der Waals surface area contributed by atoms with Gasteiger partial charge in [-0.2, -0.15) is 0 Å². The molecule has 3 atom stereocenters. The molecule has 0 saturated carbocycles. The van der Waals surface area contributed by atoms with Gasteiger partial charge in [-0.3, -0.25) is 9.69 Å². The van der Waals surface area contributed by atoms with E-state index in [-0.39, 0.29) is 12.0 Å². The maximum absolute atomic E-state index is 12.0. The van der Waals surface area contributed by atoms with Gasteiger partial charge in [-0.25, -0.2) is 0 Å². The number of aliphatic hydroxyl groups excluding tert-OH is 1. The molecule has 1 aromatic carbocycles. The summed E-state index contributed by atoms with van der Waals surface area (Å²) in [4.78, 5) is 14.1. The molecule has 0 aliphatic carbocycles. The highest BCUT2D eigenvalue weighted by atomic mass is 16.3. The molecule has 1 heterocycles. The summed E-state index contributed by atoms with van der Waals surface area (Å²) in [5, 5.41) is 12.6. The zero-order valence-corrected chi connectivity index (χ0v) is 13.0. The number of nitrogens with zero attached hydrogens (tertiary/aromatic N) is 1. The van der Waals surface area contributed by atoms with Crippen molar-refractivity contribution in [2.24, 2.45) is 5.92 Å². The van der Waals surface area contributed by atoms with Crippen molar-refractivity contribution in [2.45, 2.75) is 32.3 Å². The summed E-state index contributed by atoms with van der Waals surface area (Å²) in [6.45, 7) is 6.77. The largest absolute Gasteiger partial charge is 0.393 e. The Bertz CT molecular complexity index is 447. The second kappa shape index (κ2) is 7.57. The number of amides is 1. The normalized spacial score (nSPS) is 22.0. The molecule has 0 bridgehead atoms. The minimum Gasteiger partial charge on any atom is -0.393 e. The van der Waals surface area contributed by atoms with Crippen molar-refractivity contribution >= 4 is 5.91 Å². The van der Waals surface area contributed by atoms with Crippen molar-refractivity contribution in [3.05, 3.63) is 35.9 Å². The second-order valence-corrected chi connectivity index (χ2v) is 6.14. The van der Waals surface area contributed by atoms with Crippen LogP contribution in [0.1, 0.15) is 31.7 Å². The third kappa shape index (κ3) is 4.83. The first-order valence-corrected chi connectivity index (χ1v) is 7.78. The van der Waals surface area contributed by atoms with Gasteiger partial charge in [0.05, 0.1) is 12.6 Å². The van der Waals surface area contributed by atoms with Crippen LogP contribution >= 0.6 is 0 Å². The molecule has 1 aromatic rings. The summed E-state index contributed by atoms with van der Waals surface area (Å²) < 4.78 is 0. The molecule has 116 valence electrons. The number of hydrogen-bond acceptors (Lipinski definition) is 3. The molecule has 2 N–H and O–H groups in total. The van der Waals surface area contributed by atoms with Gasteiger partial charge in [0.25, 0.3) is 0 Å². The molecule has 2 rings (SSSR count). The van der Waals surface area contributed by atoms with E-state index in [4.69, 9.17) is 0 Å². The van der Waals surface area contributed by atoms with Crippen LogP contribution in [0, 0.1) is 5.92 Å². The van der Waals surface area contributed by atoms with Crippen molar-refractivity contribution < 1.29 is 9.90 Å². The minimum absolute atomic E-state index is 0.0732. The van der Waals surface area contributed by atoms with E-state index in [1.165, 1.54) is 5.56 Å². The van der Waals surface area contributed by atoms with Gasteiger partial charge in [0.15, 0.2) is 0 Å². The fraction of sp³-hybridized carbons (Fsp3) is 0.588. The van der Waals surface area contributed by atoms with Crippen LogP contribution in [0.15, 0.2) is 30.3 Å². The molecule has 1 aliphatic heterocycles. The zero-order valence-electron chi connectivity index (χ0n) is 13.0. The van der Waals surface area contributed by atoms with Gasteiger partial charge in [0.1, 0.15) is 0 Å². The highest BCUT2D eigenvalue weighted by Crippen LogP contribution is 2.19. The number of carbonyl (C=O) groups excluding carboxylic acids is 1. The van der Waals surface area contributed by atoms with E-state index in [9.17, 15) is 9.90 Å². The molecule has 0 spiro atoms. The fourth-order valence-electron chi connectivity index (χ4n) is 2.83. The number of hydrogen-bond donors (Lipinski definition) is 2. The third-order valence-electron chi connectivity index (χ3n) is 4.33. The topological polar surface area (TPSA) is 52.6 Å². The van der Waals surface area contributed by atoms with Gasteiger partial charge in [-0.1, -0.05) is 37.3 Å². The van der Waals surface area contributed by atoms with Crippen molar-refractivity contribution in [1.29, 1.82) is 0 Å². The first-order valence-electron chi connectivity index (χ1n) is 7.78. The van der Waals surface area contributed by atoms with E-state index in [0.29, 0.717) is 24.9 Å². The highest BCUT2D eigenvalue weighted by molar-refractivity contribution is 5.78. The van der Waals surface area contributed by atoms with Crippen LogP contribution in [0.5, 0.6) is 0 Å². The van der Waals surface area contributed by atoms with E-state index in [2.05, 4.69) is 29.3 Å². The lowest BCUT2D eigenvalue weighted by Gasteiger charge is -2.18. The molecule has 3 unspecified atom stereocenters. The van der Waals surface area contributed by atoms with Gasteiger partial charge in [0.2, 0.25) is 5.91 Å². The molecule has 4 nitrogen and oxygen atoms in total.